The lowest BCUT2D eigenvalue weighted by molar-refractivity contribution is -0.137. The van der Waals surface area contributed by atoms with E-state index >= 15 is 0 Å². The van der Waals surface area contributed by atoms with Gasteiger partial charge in [0.05, 0.1) is 17.4 Å². The van der Waals surface area contributed by atoms with Crippen LogP contribution in [-0.4, -0.2) is 24.2 Å². The third-order valence-corrected chi connectivity index (χ3v) is 4.65. The van der Waals surface area contributed by atoms with Crippen LogP contribution >= 0.6 is 11.3 Å². The van der Waals surface area contributed by atoms with E-state index in [9.17, 15) is 13.2 Å². The summed E-state index contributed by atoms with van der Waals surface area (Å²) < 4.78 is 43.2. The quantitative estimate of drug-likeness (QED) is 0.888. The zero-order chi connectivity index (χ0) is 16.3. The van der Waals surface area contributed by atoms with Gasteiger partial charge in [-0.25, -0.2) is 4.98 Å². The maximum absolute atomic E-state index is 12.6. The van der Waals surface area contributed by atoms with Crippen LogP contribution in [0.4, 0.5) is 13.2 Å². The number of thiazole rings is 1. The van der Waals surface area contributed by atoms with Gasteiger partial charge in [-0.2, -0.15) is 13.2 Å². The molecule has 2 aromatic rings. The van der Waals surface area contributed by atoms with Crippen molar-refractivity contribution in [2.75, 3.05) is 13.2 Å². The maximum atomic E-state index is 12.6. The Balaban J connectivity index is 1.57. The van der Waals surface area contributed by atoms with Crippen molar-refractivity contribution >= 4 is 11.3 Å². The summed E-state index contributed by atoms with van der Waals surface area (Å²) in [4.78, 5) is 4.47. The van der Waals surface area contributed by atoms with Crippen LogP contribution in [0.1, 0.15) is 24.1 Å². The Labute approximate surface area is 136 Å². The van der Waals surface area contributed by atoms with Crippen molar-refractivity contribution in [1.29, 1.82) is 0 Å². The van der Waals surface area contributed by atoms with Crippen molar-refractivity contribution in [3.05, 3.63) is 40.9 Å². The van der Waals surface area contributed by atoms with Crippen molar-refractivity contribution in [1.82, 2.24) is 10.3 Å². The molecule has 124 valence electrons. The third-order valence-electron chi connectivity index (χ3n) is 3.71. The lowest BCUT2D eigenvalue weighted by Gasteiger charge is -2.09. The lowest BCUT2D eigenvalue weighted by atomic mass is 10.1. The zero-order valence-electron chi connectivity index (χ0n) is 12.4. The van der Waals surface area contributed by atoms with Gasteiger partial charge in [0.2, 0.25) is 0 Å². The number of nitrogens with zero attached hydrogens (tertiary/aromatic N) is 1. The molecule has 0 radical (unpaired) electrons. The molecule has 1 aliphatic rings. The number of alkyl halides is 3. The van der Waals surface area contributed by atoms with Gasteiger partial charge < -0.3 is 10.1 Å². The molecule has 1 N–H and O–H groups in total. The molecular weight excluding hydrogens is 325 g/mol. The summed E-state index contributed by atoms with van der Waals surface area (Å²) in [5.74, 6) is 0. The molecular formula is C16H17F3N2OS. The summed E-state index contributed by atoms with van der Waals surface area (Å²) in [6, 6.07) is 5.11. The molecule has 0 saturated carbocycles. The number of ether oxygens (including phenoxy) is 1. The van der Waals surface area contributed by atoms with E-state index in [0.29, 0.717) is 12.1 Å². The minimum Gasteiger partial charge on any atom is -0.377 e. The van der Waals surface area contributed by atoms with E-state index in [1.54, 1.807) is 0 Å². The minimum absolute atomic E-state index is 0.281. The van der Waals surface area contributed by atoms with Crippen LogP contribution in [0.5, 0.6) is 0 Å². The Morgan fingerprint density at radius 3 is 2.70 bits per heavy atom. The SMILES string of the molecule is FC(F)(F)c1ccc(-c2nc(CNCC3CCCO3)cs2)cc1. The average molecular weight is 342 g/mol. The van der Waals surface area contributed by atoms with Gasteiger partial charge in [0.15, 0.2) is 0 Å². The summed E-state index contributed by atoms with van der Waals surface area (Å²) >= 11 is 1.44. The van der Waals surface area contributed by atoms with Gasteiger partial charge in [-0.1, -0.05) is 12.1 Å². The Bertz CT molecular complexity index is 634. The van der Waals surface area contributed by atoms with Gasteiger partial charge in [-0.15, -0.1) is 11.3 Å². The summed E-state index contributed by atoms with van der Waals surface area (Å²) in [5, 5.41) is 5.96. The van der Waals surface area contributed by atoms with Crippen LogP contribution in [0.2, 0.25) is 0 Å². The van der Waals surface area contributed by atoms with Gasteiger partial charge >= 0.3 is 6.18 Å². The number of hydrogen-bond acceptors (Lipinski definition) is 4. The highest BCUT2D eigenvalue weighted by atomic mass is 32.1. The highest BCUT2D eigenvalue weighted by molar-refractivity contribution is 7.13. The molecule has 1 fully saturated rings. The largest absolute Gasteiger partial charge is 0.416 e. The highest BCUT2D eigenvalue weighted by Gasteiger charge is 2.30. The summed E-state index contributed by atoms with van der Waals surface area (Å²) in [6.07, 6.45) is -1.83. The second kappa shape index (κ2) is 6.98. The predicted molar refractivity (Wildman–Crippen MR) is 83.2 cm³/mol. The van der Waals surface area contributed by atoms with E-state index in [0.717, 1.165) is 48.8 Å². The molecule has 23 heavy (non-hydrogen) atoms. The molecule has 0 spiro atoms. The molecule has 1 aromatic heterocycles. The summed E-state index contributed by atoms with van der Waals surface area (Å²) in [5.41, 5.74) is 0.951. The zero-order valence-corrected chi connectivity index (χ0v) is 13.2. The Hall–Kier alpha value is -1.44. The molecule has 3 nitrogen and oxygen atoms in total. The molecule has 1 aromatic carbocycles. The van der Waals surface area contributed by atoms with Crippen molar-refractivity contribution in [3.63, 3.8) is 0 Å². The second-order valence-electron chi connectivity index (χ2n) is 5.49. The first-order chi connectivity index (χ1) is 11.0. The number of halogens is 3. The van der Waals surface area contributed by atoms with Crippen LogP contribution in [-0.2, 0) is 17.5 Å². The summed E-state index contributed by atoms with van der Waals surface area (Å²) in [6.45, 7) is 2.27. The molecule has 2 heterocycles. The first-order valence-corrected chi connectivity index (χ1v) is 8.35. The highest BCUT2D eigenvalue weighted by Crippen LogP contribution is 2.31. The first kappa shape index (κ1) is 16.4. The second-order valence-corrected chi connectivity index (χ2v) is 6.34. The molecule has 1 atom stereocenters. The maximum Gasteiger partial charge on any atom is 0.416 e. The van der Waals surface area contributed by atoms with Gasteiger partial charge in [-0.05, 0) is 25.0 Å². The Kier molecular flexibility index (Phi) is 4.99. The number of rotatable bonds is 5. The standard InChI is InChI=1S/C16H17F3N2OS/c17-16(18,19)12-5-3-11(4-6-12)15-21-13(10-23-15)8-20-9-14-2-1-7-22-14/h3-6,10,14,20H,1-2,7-9H2. The van der Waals surface area contributed by atoms with E-state index in [1.165, 1.54) is 23.5 Å². The molecule has 3 rings (SSSR count). The van der Waals surface area contributed by atoms with Gasteiger partial charge in [0.1, 0.15) is 5.01 Å². The third kappa shape index (κ3) is 4.31. The number of hydrogen-bond donors (Lipinski definition) is 1. The van der Waals surface area contributed by atoms with Crippen LogP contribution in [0, 0.1) is 0 Å². The average Bonchev–Trinajstić information content (AvgIpc) is 3.18. The van der Waals surface area contributed by atoms with Crippen LogP contribution in [0.3, 0.4) is 0 Å². The molecule has 0 bridgehead atoms. The normalized spacial score (nSPS) is 18.5. The molecule has 1 aliphatic heterocycles. The lowest BCUT2D eigenvalue weighted by Crippen LogP contribution is -2.25. The molecule has 0 aliphatic carbocycles. The van der Waals surface area contributed by atoms with Gasteiger partial charge in [0.25, 0.3) is 0 Å². The van der Waals surface area contributed by atoms with Gasteiger partial charge in [-0.3, -0.25) is 0 Å². The van der Waals surface area contributed by atoms with Gasteiger partial charge in [0, 0.05) is 30.6 Å². The Morgan fingerprint density at radius 2 is 2.04 bits per heavy atom. The van der Waals surface area contributed by atoms with Crippen LogP contribution in [0.25, 0.3) is 10.6 Å². The smallest absolute Gasteiger partial charge is 0.377 e. The van der Waals surface area contributed by atoms with E-state index < -0.39 is 11.7 Å². The number of benzene rings is 1. The van der Waals surface area contributed by atoms with Crippen molar-refractivity contribution in [2.24, 2.45) is 0 Å². The minimum atomic E-state index is -4.31. The molecule has 1 saturated heterocycles. The predicted octanol–water partition coefficient (Wildman–Crippen LogP) is 4.10. The van der Waals surface area contributed by atoms with E-state index in [-0.39, 0.29) is 6.10 Å². The molecule has 1 unspecified atom stereocenters. The first-order valence-electron chi connectivity index (χ1n) is 7.47. The monoisotopic (exact) mass is 342 g/mol. The van der Waals surface area contributed by atoms with Crippen molar-refractivity contribution in [2.45, 2.75) is 31.7 Å². The molecule has 0 amide bonds. The number of nitrogens with one attached hydrogen (secondary N) is 1. The van der Waals surface area contributed by atoms with Crippen LogP contribution in [0.15, 0.2) is 29.6 Å². The van der Waals surface area contributed by atoms with E-state index in [4.69, 9.17) is 4.74 Å². The topological polar surface area (TPSA) is 34.2 Å². The summed E-state index contributed by atoms with van der Waals surface area (Å²) in [7, 11) is 0. The van der Waals surface area contributed by atoms with Crippen molar-refractivity contribution in [3.8, 4) is 10.6 Å². The fourth-order valence-corrected chi connectivity index (χ4v) is 3.31. The van der Waals surface area contributed by atoms with E-state index in [1.807, 2.05) is 5.38 Å². The van der Waals surface area contributed by atoms with E-state index in [2.05, 4.69) is 10.3 Å². The Morgan fingerprint density at radius 1 is 1.26 bits per heavy atom. The fourth-order valence-electron chi connectivity index (χ4n) is 2.49. The van der Waals surface area contributed by atoms with Crippen molar-refractivity contribution < 1.29 is 17.9 Å². The molecule has 7 heteroatoms. The van der Waals surface area contributed by atoms with Crippen LogP contribution < -0.4 is 5.32 Å². The fraction of sp³-hybridized carbons (Fsp3) is 0.438. The number of aromatic nitrogens is 1.